The van der Waals surface area contributed by atoms with Crippen LogP contribution in [0.15, 0.2) is 52.4 Å². The summed E-state index contributed by atoms with van der Waals surface area (Å²) in [5, 5.41) is 9.31. The van der Waals surface area contributed by atoms with Crippen LogP contribution < -0.4 is 5.73 Å². The van der Waals surface area contributed by atoms with Gasteiger partial charge in [-0.1, -0.05) is 31.2 Å². The molecule has 1 aliphatic heterocycles. The molecule has 2 aromatic carbocycles. The zero-order valence-electron chi connectivity index (χ0n) is 18.6. The van der Waals surface area contributed by atoms with Gasteiger partial charge in [-0.3, -0.25) is 4.99 Å². The number of aryl methyl sites for hydroxylation is 1. The minimum Gasteiger partial charge on any atom is -0.382 e. The summed E-state index contributed by atoms with van der Waals surface area (Å²) in [7, 11) is 1.79. The monoisotopic (exact) mass is 414 g/mol. The smallest absolute Gasteiger partial charge is 0.181 e. The van der Waals surface area contributed by atoms with Crippen LogP contribution in [-0.2, 0) is 10.4 Å². The summed E-state index contributed by atoms with van der Waals surface area (Å²) in [5.41, 5.74) is 11.6. The van der Waals surface area contributed by atoms with Crippen LogP contribution in [0.25, 0.3) is 11.1 Å². The Morgan fingerprint density at radius 2 is 1.84 bits per heavy atom. The van der Waals surface area contributed by atoms with E-state index in [-0.39, 0.29) is 5.92 Å². The summed E-state index contributed by atoms with van der Waals surface area (Å²) in [4.78, 5) is 10.2. The maximum atomic E-state index is 9.31. The van der Waals surface area contributed by atoms with Crippen LogP contribution in [-0.4, -0.2) is 24.8 Å². The van der Waals surface area contributed by atoms with E-state index in [9.17, 15) is 5.26 Å². The number of amidine groups is 1. The molecular formula is C26H30N4O. The van der Waals surface area contributed by atoms with E-state index in [1.165, 1.54) is 0 Å². The zero-order valence-corrected chi connectivity index (χ0v) is 18.6. The number of ether oxygens (including phenoxy) is 1. The molecule has 1 unspecified atom stereocenters. The highest BCUT2D eigenvalue weighted by molar-refractivity contribution is 6.42. The number of hydrogen-bond acceptors (Lipinski definition) is 5. The summed E-state index contributed by atoms with van der Waals surface area (Å²) in [6, 6.07) is 16.4. The first-order chi connectivity index (χ1) is 15.0. The first-order valence-corrected chi connectivity index (χ1v) is 11.1. The van der Waals surface area contributed by atoms with Gasteiger partial charge in [0, 0.05) is 18.6 Å². The number of nitrogens with zero attached hydrogens (tertiary/aromatic N) is 3. The fourth-order valence-corrected chi connectivity index (χ4v) is 4.99. The van der Waals surface area contributed by atoms with Gasteiger partial charge in [0.05, 0.1) is 23.4 Å². The van der Waals surface area contributed by atoms with Crippen molar-refractivity contribution >= 4 is 11.5 Å². The molecule has 0 saturated heterocycles. The highest BCUT2D eigenvalue weighted by Gasteiger charge is 2.46. The van der Waals surface area contributed by atoms with Crippen molar-refractivity contribution in [3.63, 3.8) is 0 Å². The van der Waals surface area contributed by atoms with Gasteiger partial charge in [0.25, 0.3) is 0 Å². The third-order valence-corrected chi connectivity index (χ3v) is 6.76. The molecule has 1 atom stereocenters. The predicted molar refractivity (Wildman–Crippen MR) is 125 cm³/mol. The molecule has 4 rings (SSSR count). The Bertz CT molecular complexity index is 1070. The molecule has 0 bridgehead atoms. The SMILES string of the molecule is CCC1=NC(c2cc(-c3cccc(C#N)c3)ccc2C)(C2CCC(OC)CC2)N=C1N. The van der Waals surface area contributed by atoms with Crippen LogP contribution in [0.1, 0.15) is 55.7 Å². The second-order valence-corrected chi connectivity index (χ2v) is 8.57. The molecule has 2 aliphatic rings. The number of methoxy groups -OCH3 is 1. The van der Waals surface area contributed by atoms with Gasteiger partial charge < -0.3 is 10.5 Å². The van der Waals surface area contributed by atoms with Crippen molar-refractivity contribution in [3.8, 4) is 17.2 Å². The van der Waals surface area contributed by atoms with Crippen LogP contribution in [0, 0.1) is 24.2 Å². The highest BCUT2D eigenvalue weighted by atomic mass is 16.5. The molecule has 0 radical (unpaired) electrons. The fraction of sp³-hybridized carbons (Fsp3) is 0.423. The van der Waals surface area contributed by atoms with Gasteiger partial charge in [0.2, 0.25) is 0 Å². The number of rotatable bonds is 5. The Morgan fingerprint density at radius 1 is 1.10 bits per heavy atom. The van der Waals surface area contributed by atoms with Crippen molar-refractivity contribution in [1.29, 1.82) is 5.26 Å². The molecule has 160 valence electrons. The fourth-order valence-electron chi connectivity index (χ4n) is 4.99. The maximum absolute atomic E-state index is 9.31. The topological polar surface area (TPSA) is 83.8 Å². The molecule has 0 spiro atoms. The molecule has 2 aromatic rings. The van der Waals surface area contributed by atoms with Crippen molar-refractivity contribution in [1.82, 2.24) is 0 Å². The Balaban J connectivity index is 1.83. The van der Waals surface area contributed by atoms with Crippen molar-refractivity contribution in [2.45, 2.75) is 57.7 Å². The average Bonchev–Trinajstić information content (AvgIpc) is 3.16. The first-order valence-electron chi connectivity index (χ1n) is 11.1. The van der Waals surface area contributed by atoms with Crippen LogP contribution in [0.3, 0.4) is 0 Å². The zero-order chi connectivity index (χ0) is 22.0. The molecule has 5 heteroatoms. The summed E-state index contributed by atoms with van der Waals surface area (Å²) >= 11 is 0. The standard InChI is InChI=1S/C26H30N4O/c1-4-24-25(28)30-26(29-24,21-10-12-22(31-3)13-11-21)23-15-20(9-8-17(23)2)19-7-5-6-18(14-19)16-27/h5-9,14-15,21-22H,4,10-13H2,1-3H3,(H2,28,30). The molecule has 0 aromatic heterocycles. The Hall–Kier alpha value is -2.97. The molecule has 0 amide bonds. The van der Waals surface area contributed by atoms with E-state index in [1.54, 1.807) is 7.11 Å². The number of hydrogen-bond donors (Lipinski definition) is 1. The second kappa shape index (κ2) is 8.64. The van der Waals surface area contributed by atoms with Gasteiger partial charge in [-0.05, 0) is 73.9 Å². The van der Waals surface area contributed by atoms with E-state index in [1.807, 2.05) is 24.3 Å². The molecule has 5 nitrogen and oxygen atoms in total. The number of nitriles is 1. The van der Waals surface area contributed by atoms with Gasteiger partial charge in [0.15, 0.2) is 5.66 Å². The summed E-state index contributed by atoms with van der Waals surface area (Å²) in [6.45, 7) is 4.20. The maximum Gasteiger partial charge on any atom is 0.181 e. The Kier molecular flexibility index (Phi) is 5.93. The number of aliphatic imine (C=N–C) groups is 2. The Morgan fingerprint density at radius 3 is 2.48 bits per heavy atom. The lowest BCUT2D eigenvalue weighted by molar-refractivity contribution is 0.0426. The predicted octanol–water partition coefficient (Wildman–Crippen LogP) is 5.11. The Labute approximate surface area is 184 Å². The van der Waals surface area contributed by atoms with Crippen LogP contribution in [0.5, 0.6) is 0 Å². The van der Waals surface area contributed by atoms with Crippen molar-refractivity contribution < 1.29 is 4.74 Å². The van der Waals surface area contributed by atoms with Crippen molar-refractivity contribution in [2.24, 2.45) is 21.6 Å². The molecule has 1 aliphatic carbocycles. The van der Waals surface area contributed by atoms with Crippen LogP contribution in [0.2, 0.25) is 0 Å². The third kappa shape index (κ3) is 3.88. The molecule has 1 heterocycles. The minimum atomic E-state index is -0.679. The summed E-state index contributed by atoms with van der Waals surface area (Å²) in [5.74, 6) is 0.841. The van der Waals surface area contributed by atoms with E-state index in [0.29, 0.717) is 17.5 Å². The van der Waals surface area contributed by atoms with Gasteiger partial charge >= 0.3 is 0 Å². The highest BCUT2D eigenvalue weighted by Crippen LogP contribution is 2.47. The van der Waals surface area contributed by atoms with Gasteiger partial charge in [-0.15, -0.1) is 0 Å². The van der Waals surface area contributed by atoms with E-state index in [0.717, 1.165) is 60.1 Å². The van der Waals surface area contributed by atoms with Crippen molar-refractivity contribution in [3.05, 3.63) is 59.2 Å². The average molecular weight is 415 g/mol. The van der Waals surface area contributed by atoms with Crippen molar-refractivity contribution in [2.75, 3.05) is 7.11 Å². The second-order valence-electron chi connectivity index (χ2n) is 8.57. The lowest BCUT2D eigenvalue weighted by atomic mass is 9.74. The van der Waals surface area contributed by atoms with E-state index >= 15 is 0 Å². The summed E-state index contributed by atoms with van der Waals surface area (Å²) < 4.78 is 5.60. The number of benzene rings is 2. The molecule has 2 N–H and O–H groups in total. The molecule has 31 heavy (non-hydrogen) atoms. The quantitative estimate of drug-likeness (QED) is 0.737. The lowest BCUT2D eigenvalue weighted by Crippen LogP contribution is -2.36. The van der Waals surface area contributed by atoms with E-state index < -0.39 is 5.66 Å². The van der Waals surface area contributed by atoms with Gasteiger partial charge in [-0.2, -0.15) is 5.26 Å². The summed E-state index contributed by atoms with van der Waals surface area (Å²) in [6.07, 6.45) is 5.11. The van der Waals surface area contributed by atoms with E-state index in [4.69, 9.17) is 20.5 Å². The van der Waals surface area contributed by atoms with E-state index in [2.05, 4.69) is 38.1 Å². The van der Waals surface area contributed by atoms with Crippen LogP contribution in [0.4, 0.5) is 0 Å². The number of nitrogens with two attached hydrogens (primary N) is 1. The normalized spacial score (nSPS) is 25.6. The van der Waals surface area contributed by atoms with Crippen LogP contribution >= 0.6 is 0 Å². The molecule has 1 saturated carbocycles. The minimum absolute atomic E-state index is 0.279. The van der Waals surface area contributed by atoms with Gasteiger partial charge in [0.1, 0.15) is 5.84 Å². The largest absolute Gasteiger partial charge is 0.382 e. The molecule has 1 fully saturated rings. The van der Waals surface area contributed by atoms with Gasteiger partial charge in [-0.25, -0.2) is 4.99 Å². The first kappa shape index (κ1) is 21.3. The lowest BCUT2D eigenvalue weighted by Gasteiger charge is -2.38. The molecular weight excluding hydrogens is 384 g/mol. The third-order valence-electron chi connectivity index (χ3n) is 6.76.